The first-order chi connectivity index (χ1) is 19.0. The molecule has 5 rings (SSSR count). The van der Waals surface area contributed by atoms with E-state index in [0.29, 0.717) is 16.9 Å². The number of anilines is 4. The number of nitrogens with one attached hydrogen (secondary N) is 2. The fourth-order valence-corrected chi connectivity index (χ4v) is 5.50. The first-order valence-corrected chi connectivity index (χ1v) is 14.2. The third-order valence-corrected chi connectivity index (χ3v) is 7.81. The summed E-state index contributed by atoms with van der Waals surface area (Å²) in [6.45, 7) is 4.70. The van der Waals surface area contributed by atoms with Crippen LogP contribution in [0.4, 0.5) is 27.5 Å². The van der Waals surface area contributed by atoms with E-state index in [-0.39, 0.29) is 11.9 Å². The van der Waals surface area contributed by atoms with Crippen LogP contribution in [0.2, 0.25) is 0 Å². The van der Waals surface area contributed by atoms with Crippen molar-refractivity contribution in [3.05, 3.63) is 76.8 Å². The number of halogens is 1. The lowest BCUT2D eigenvalue weighted by atomic mass is 10.1. The van der Waals surface area contributed by atoms with E-state index in [1.807, 2.05) is 65.6 Å². The van der Waals surface area contributed by atoms with Crippen LogP contribution in [0.5, 0.6) is 5.75 Å². The Kier molecular flexibility index (Phi) is 8.56. The van der Waals surface area contributed by atoms with Gasteiger partial charge >= 0.3 is 6.03 Å². The van der Waals surface area contributed by atoms with E-state index >= 15 is 0 Å². The number of ether oxygens (including phenoxy) is 1. The van der Waals surface area contributed by atoms with Gasteiger partial charge in [-0.05, 0) is 73.9 Å². The molecule has 0 atom stereocenters. The van der Waals surface area contributed by atoms with Crippen molar-refractivity contribution in [3.8, 4) is 5.75 Å². The molecule has 0 aliphatic carbocycles. The number of amides is 3. The minimum atomic E-state index is -0.355. The maximum absolute atomic E-state index is 13.7. The molecule has 2 N–H and O–H groups in total. The van der Waals surface area contributed by atoms with Crippen molar-refractivity contribution in [1.29, 1.82) is 0 Å². The van der Waals surface area contributed by atoms with Gasteiger partial charge in [-0.1, -0.05) is 28.1 Å². The highest BCUT2D eigenvalue weighted by atomic mass is 79.9. The molecule has 0 unspecified atom stereocenters. The summed E-state index contributed by atoms with van der Waals surface area (Å²) in [5.74, 6) is 0.887. The molecule has 2 saturated heterocycles. The van der Waals surface area contributed by atoms with Gasteiger partial charge < -0.3 is 30.1 Å². The van der Waals surface area contributed by atoms with E-state index < -0.39 is 0 Å². The number of piperazine rings is 1. The summed E-state index contributed by atoms with van der Waals surface area (Å²) < 4.78 is 6.51. The molecule has 3 aromatic carbocycles. The Bertz CT molecular complexity index is 1300. The van der Waals surface area contributed by atoms with Crippen LogP contribution < -0.4 is 25.2 Å². The quantitative estimate of drug-likeness (QED) is 0.364. The Morgan fingerprint density at radius 3 is 2.05 bits per heavy atom. The zero-order valence-electron chi connectivity index (χ0n) is 22.2. The second kappa shape index (κ2) is 12.4. The first kappa shape index (κ1) is 26.9. The third-order valence-electron chi connectivity index (χ3n) is 7.28. The van der Waals surface area contributed by atoms with Gasteiger partial charge in [0.1, 0.15) is 5.75 Å². The largest absolute Gasteiger partial charge is 0.495 e. The number of urea groups is 1. The molecule has 39 heavy (non-hydrogen) atoms. The van der Waals surface area contributed by atoms with E-state index in [1.165, 1.54) is 0 Å². The average Bonchev–Trinajstić information content (AvgIpc) is 2.98. The SMILES string of the molecule is COc1ccccc1N1CCN(c2ccc(NC(=O)Nc3ccc(Br)cc3)cc2C(=O)N2CCCCC2)CC1. The number of benzene rings is 3. The Balaban J connectivity index is 1.34. The summed E-state index contributed by atoms with van der Waals surface area (Å²) in [5.41, 5.74) is 3.89. The van der Waals surface area contributed by atoms with Gasteiger partial charge in [0.25, 0.3) is 5.91 Å². The number of hydrogen-bond donors (Lipinski definition) is 2. The summed E-state index contributed by atoms with van der Waals surface area (Å²) in [7, 11) is 1.70. The molecule has 9 heteroatoms. The van der Waals surface area contributed by atoms with Gasteiger partial charge in [-0.3, -0.25) is 4.79 Å². The number of rotatable bonds is 6. The van der Waals surface area contributed by atoms with Crippen molar-refractivity contribution in [2.45, 2.75) is 19.3 Å². The van der Waals surface area contributed by atoms with Gasteiger partial charge in [0.2, 0.25) is 0 Å². The molecule has 3 amide bonds. The summed E-state index contributed by atoms with van der Waals surface area (Å²) in [6.07, 6.45) is 3.19. The van der Waals surface area contributed by atoms with E-state index in [4.69, 9.17) is 4.74 Å². The molecule has 0 spiro atoms. The highest BCUT2D eigenvalue weighted by Gasteiger charge is 2.26. The molecular weight excluding hydrogens is 558 g/mol. The van der Waals surface area contributed by atoms with Crippen molar-refractivity contribution in [2.24, 2.45) is 0 Å². The van der Waals surface area contributed by atoms with Crippen LogP contribution in [0.1, 0.15) is 29.6 Å². The number of hydrogen-bond acceptors (Lipinski definition) is 5. The number of methoxy groups -OCH3 is 1. The molecule has 2 aliphatic heterocycles. The van der Waals surface area contributed by atoms with E-state index in [1.54, 1.807) is 7.11 Å². The molecule has 2 fully saturated rings. The summed E-state index contributed by atoms with van der Waals surface area (Å²) >= 11 is 3.40. The van der Waals surface area contributed by atoms with E-state index in [2.05, 4.69) is 42.4 Å². The summed E-state index contributed by atoms with van der Waals surface area (Å²) in [4.78, 5) is 33.0. The van der Waals surface area contributed by atoms with Gasteiger partial charge in [0.05, 0.1) is 18.4 Å². The predicted molar refractivity (Wildman–Crippen MR) is 160 cm³/mol. The molecule has 2 aliphatic rings. The van der Waals surface area contributed by atoms with Crippen molar-refractivity contribution in [1.82, 2.24) is 4.90 Å². The second-order valence-electron chi connectivity index (χ2n) is 9.82. The van der Waals surface area contributed by atoms with Gasteiger partial charge in [-0.25, -0.2) is 4.79 Å². The van der Waals surface area contributed by atoms with Crippen LogP contribution in [0.15, 0.2) is 71.2 Å². The monoisotopic (exact) mass is 591 g/mol. The van der Waals surface area contributed by atoms with E-state index in [9.17, 15) is 9.59 Å². The lowest BCUT2D eigenvalue weighted by Crippen LogP contribution is -2.47. The van der Waals surface area contributed by atoms with Crippen LogP contribution >= 0.6 is 15.9 Å². The lowest BCUT2D eigenvalue weighted by molar-refractivity contribution is 0.0725. The number of para-hydroxylation sites is 2. The molecule has 3 aromatic rings. The van der Waals surface area contributed by atoms with Crippen LogP contribution in [0.25, 0.3) is 0 Å². The lowest BCUT2D eigenvalue weighted by Gasteiger charge is -2.39. The van der Waals surface area contributed by atoms with Crippen LogP contribution in [-0.4, -0.2) is 63.2 Å². The van der Waals surface area contributed by atoms with Gasteiger partial charge in [0.15, 0.2) is 0 Å². The van der Waals surface area contributed by atoms with Crippen molar-refractivity contribution in [2.75, 3.05) is 66.8 Å². The number of carbonyl (C=O) groups is 2. The number of carbonyl (C=O) groups excluding carboxylic acids is 2. The third kappa shape index (κ3) is 6.47. The van der Waals surface area contributed by atoms with Crippen molar-refractivity contribution in [3.63, 3.8) is 0 Å². The topological polar surface area (TPSA) is 77.1 Å². The number of likely N-dealkylation sites (tertiary alicyclic amines) is 1. The molecule has 0 radical (unpaired) electrons. The van der Waals surface area contributed by atoms with Crippen molar-refractivity contribution >= 4 is 50.6 Å². The Morgan fingerprint density at radius 1 is 0.744 bits per heavy atom. The van der Waals surface area contributed by atoms with Crippen molar-refractivity contribution < 1.29 is 14.3 Å². The predicted octanol–water partition coefficient (Wildman–Crippen LogP) is 6.05. The van der Waals surface area contributed by atoms with Crippen LogP contribution in [0.3, 0.4) is 0 Å². The maximum Gasteiger partial charge on any atom is 0.323 e. The Labute approximate surface area is 238 Å². The normalized spacial score (nSPS) is 15.6. The zero-order chi connectivity index (χ0) is 27.2. The zero-order valence-corrected chi connectivity index (χ0v) is 23.7. The van der Waals surface area contributed by atoms with Gasteiger partial charge in [-0.2, -0.15) is 0 Å². The molecule has 0 saturated carbocycles. The fourth-order valence-electron chi connectivity index (χ4n) is 5.23. The minimum absolute atomic E-state index is 0.0221. The van der Waals surface area contributed by atoms with Gasteiger partial charge in [-0.15, -0.1) is 0 Å². The Hall–Kier alpha value is -3.72. The average molecular weight is 593 g/mol. The smallest absolute Gasteiger partial charge is 0.323 e. The molecule has 0 bridgehead atoms. The molecule has 0 aromatic heterocycles. The van der Waals surface area contributed by atoms with Crippen LogP contribution in [-0.2, 0) is 0 Å². The molecule has 204 valence electrons. The standard InChI is InChI=1S/C30H34BrN5O3/c1-39-28-8-4-3-7-27(28)35-19-17-34(18-20-35)26-14-13-24(21-25(26)29(37)36-15-5-2-6-16-36)33-30(38)32-23-11-9-22(31)10-12-23/h3-4,7-14,21H,2,5-6,15-20H2,1H3,(H2,32,33,38). The molecule has 2 heterocycles. The molecular formula is C30H34BrN5O3. The first-order valence-electron chi connectivity index (χ1n) is 13.4. The maximum atomic E-state index is 13.7. The van der Waals surface area contributed by atoms with E-state index in [0.717, 1.165) is 80.1 Å². The molecule has 8 nitrogen and oxygen atoms in total. The highest BCUT2D eigenvalue weighted by molar-refractivity contribution is 9.10. The van der Waals surface area contributed by atoms with Gasteiger partial charge in [0, 0.05) is 60.8 Å². The number of nitrogens with zero attached hydrogens (tertiary/aromatic N) is 3. The van der Waals surface area contributed by atoms with Crippen LogP contribution in [0, 0.1) is 0 Å². The second-order valence-corrected chi connectivity index (χ2v) is 10.7. The summed E-state index contributed by atoms with van der Waals surface area (Å²) in [5, 5.41) is 5.75. The minimum Gasteiger partial charge on any atom is -0.495 e. The summed E-state index contributed by atoms with van der Waals surface area (Å²) in [6, 6.07) is 20.7. The number of piperidine rings is 1. The highest BCUT2D eigenvalue weighted by Crippen LogP contribution is 2.32. The fraction of sp³-hybridized carbons (Fsp3) is 0.333. The Morgan fingerprint density at radius 2 is 1.36 bits per heavy atom.